The molecule has 1 aromatic heterocycles. The molecule has 182 valence electrons. The maximum Gasteiger partial charge on any atom is 0.262 e. The Morgan fingerprint density at radius 2 is 1.91 bits per heavy atom. The monoisotopic (exact) mass is 496 g/mol. The minimum atomic E-state index is -1.10. The number of rotatable bonds is 5. The number of ether oxygens (including phenoxy) is 2. The van der Waals surface area contributed by atoms with Crippen molar-refractivity contribution in [2.24, 2.45) is 0 Å². The van der Waals surface area contributed by atoms with Crippen molar-refractivity contribution < 1.29 is 19.4 Å². The van der Waals surface area contributed by atoms with Gasteiger partial charge in [-0.05, 0) is 42.8 Å². The lowest BCUT2D eigenvalue weighted by molar-refractivity contribution is 0.0729. The lowest BCUT2D eigenvalue weighted by Crippen LogP contribution is -2.42. The summed E-state index contributed by atoms with van der Waals surface area (Å²) in [5.74, 6) is 1.22. The van der Waals surface area contributed by atoms with Crippen molar-refractivity contribution in [2.75, 3.05) is 25.1 Å². The summed E-state index contributed by atoms with van der Waals surface area (Å²) in [6.07, 6.45) is -0.672. The van der Waals surface area contributed by atoms with E-state index >= 15 is 0 Å². The summed E-state index contributed by atoms with van der Waals surface area (Å²) in [4.78, 5) is 32.8. The van der Waals surface area contributed by atoms with E-state index in [1.165, 1.54) is 11.5 Å². The van der Waals surface area contributed by atoms with Gasteiger partial charge in [0.1, 0.15) is 19.4 Å². The highest BCUT2D eigenvalue weighted by molar-refractivity contribution is 6.30. The Labute approximate surface area is 206 Å². The van der Waals surface area contributed by atoms with Crippen LogP contribution in [0.3, 0.4) is 0 Å². The number of hydrogen-bond acceptors (Lipinski definition) is 7. The molecule has 3 aromatic rings. The van der Waals surface area contributed by atoms with Crippen LogP contribution in [0.4, 0.5) is 5.95 Å². The lowest BCUT2D eigenvalue weighted by Gasteiger charge is -2.30. The van der Waals surface area contributed by atoms with Gasteiger partial charge in [0.25, 0.3) is 11.5 Å². The molecule has 1 atom stereocenters. The number of halogens is 1. The van der Waals surface area contributed by atoms with E-state index in [0.29, 0.717) is 66.1 Å². The molecule has 3 heterocycles. The van der Waals surface area contributed by atoms with Gasteiger partial charge in [0.2, 0.25) is 5.95 Å². The largest absolute Gasteiger partial charge is 0.486 e. The van der Waals surface area contributed by atoms with Gasteiger partial charge in [-0.25, -0.2) is 4.98 Å². The molecule has 0 spiro atoms. The average Bonchev–Trinajstić information content (AvgIpc) is 2.87. The highest BCUT2D eigenvalue weighted by atomic mass is 35.5. The number of aliphatic hydroxyl groups excluding tert-OH is 1. The summed E-state index contributed by atoms with van der Waals surface area (Å²) in [5.41, 5.74) is 2.07. The maximum absolute atomic E-state index is 13.4. The Balaban J connectivity index is 1.39. The Morgan fingerprint density at radius 1 is 1.17 bits per heavy atom. The van der Waals surface area contributed by atoms with Gasteiger partial charge >= 0.3 is 0 Å². The predicted octanol–water partition coefficient (Wildman–Crippen LogP) is 2.99. The van der Waals surface area contributed by atoms with Crippen LogP contribution in [0.25, 0.3) is 0 Å². The third kappa shape index (κ3) is 4.69. The van der Waals surface area contributed by atoms with Crippen LogP contribution in [0, 0.1) is 0 Å². The Kier molecular flexibility index (Phi) is 6.36. The van der Waals surface area contributed by atoms with E-state index in [1.807, 2.05) is 12.1 Å². The van der Waals surface area contributed by atoms with Crippen molar-refractivity contribution in [3.63, 3.8) is 0 Å². The molecule has 0 bridgehead atoms. The molecular formula is C25H25ClN4O5. The van der Waals surface area contributed by atoms with Gasteiger partial charge in [-0.15, -0.1) is 0 Å². The fourth-order valence-electron chi connectivity index (χ4n) is 4.28. The molecule has 0 aliphatic carbocycles. The summed E-state index contributed by atoms with van der Waals surface area (Å²) in [7, 11) is 0. The van der Waals surface area contributed by atoms with E-state index in [-0.39, 0.29) is 24.0 Å². The summed E-state index contributed by atoms with van der Waals surface area (Å²) in [5, 5.41) is 14.1. The van der Waals surface area contributed by atoms with Gasteiger partial charge in [0, 0.05) is 30.1 Å². The van der Waals surface area contributed by atoms with E-state index in [1.54, 1.807) is 35.2 Å². The van der Waals surface area contributed by atoms with Crippen molar-refractivity contribution in [1.29, 1.82) is 0 Å². The zero-order valence-electron chi connectivity index (χ0n) is 19.2. The van der Waals surface area contributed by atoms with Crippen LogP contribution in [0.5, 0.6) is 11.5 Å². The van der Waals surface area contributed by atoms with Crippen LogP contribution in [-0.2, 0) is 19.5 Å². The normalized spacial score (nSPS) is 15.3. The van der Waals surface area contributed by atoms with Crippen molar-refractivity contribution in [3.8, 4) is 11.5 Å². The molecule has 0 fully saturated rings. The molecule has 0 saturated heterocycles. The minimum Gasteiger partial charge on any atom is -0.486 e. The van der Waals surface area contributed by atoms with Crippen LogP contribution in [0.2, 0.25) is 5.02 Å². The number of nitrogens with one attached hydrogen (secondary N) is 1. The molecule has 2 aliphatic heterocycles. The van der Waals surface area contributed by atoms with Gasteiger partial charge < -0.3 is 24.8 Å². The van der Waals surface area contributed by atoms with E-state index < -0.39 is 6.23 Å². The number of anilines is 1. The first-order valence-electron chi connectivity index (χ1n) is 11.4. The quantitative estimate of drug-likeness (QED) is 0.559. The zero-order valence-corrected chi connectivity index (χ0v) is 19.9. The Morgan fingerprint density at radius 3 is 2.66 bits per heavy atom. The van der Waals surface area contributed by atoms with Crippen LogP contribution in [0.15, 0.2) is 47.3 Å². The minimum absolute atomic E-state index is 0.110. The fourth-order valence-corrected chi connectivity index (χ4v) is 4.40. The molecule has 1 unspecified atom stereocenters. The van der Waals surface area contributed by atoms with Crippen molar-refractivity contribution in [2.45, 2.75) is 32.7 Å². The first-order chi connectivity index (χ1) is 16.9. The topological polar surface area (TPSA) is 106 Å². The highest BCUT2D eigenvalue weighted by Crippen LogP contribution is 2.31. The number of carbonyl (C=O) groups is 1. The molecule has 35 heavy (non-hydrogen) atoms. The van der Waals surface area contributed by atoms with Gasteiger partial charge in [-0.3, -0.25) is 14.2 Å². The number of aromatic nitrogens is 2. The second-order valence-electron chi connectivity index (χ2n) is 8.48. The second kappa shape index (κ2) is 9.59. The molecule has 1 amide bonds. The van der Waals surface area contributed by atoms with Crippen LogP contribution < -0.4 is 20.3 Å². The lowest BCUT2D eigenvalue weighted by atomic mass is 10.0. The smallest absolute Gasteiger partial charge is 0.262 e. The number of amides is 1. The van der Waals surface area contributed by atoms with Crippen LogP contribution >= 0.6 is 11.6 Å². The third-order valence-corrected chi connectivity index (χ3v) is 6.33. The van der Waals surface area contributed by atoms with Gasteiger partial charge in [0.15, 0.2) is 11.5 Å². The Bertz CT molecular complexity index is 1320. The van der Waals surface area contributed by atoms with Gasteiger partial charge in [0.05, 0.1) is 17.8 Å². The van der Waals surface area contributed by atoms with Gasteiger partial charge in [-0.2, -0.15) is 0 Å². The summed E-state index contributed by atoms with van der Waals surface area (Å²) < 4.78 is 12.3. The van der Waals surface area contributed by atoms with Crippen molar-refractivity contribution in [1.82, 2.24) is 14.5 Å². The summed E-state index contributed by atoms with van der Waals surface area (Å²) >= 11 is 5.95. The number of carbonyl (C=O) groups excluding carboxylic acids is 1. The molecule has 2 aliphatic rings. The molecular weight excluding hydrogens is 472 g/mol. The number of hydrogen-bond donors (Lipinski definition) is 2. The molecule has 0 radical (unpaired) electrons. The first kappa shape index (κ1) is 23.2. The predicted molar refractivity (Wildman–Crippen MR) is 130 cm³/mol. The number of nitrogens with zero attached hydrogens (tertiary/aromatic N) is 3. The molecule has 5 rings (SSSR count). The van der Waals surface area contributed by atoms with E-state index in [9.17, 15) is 14.7 Å². The molecule has 10 heteroatoms. The molecule has 9 nitrogen and oxygen atoms in total. The summed E-state index contributed by atoms with van der Waals surface area (Å²) in [6.45, 7) is 3.34. The maximum atomic E-state index is 13.4. The van der Waals surface area contributed by atoms with E-state index in [2.05, 4.69) is 10.3 Å². The van der Waals surface area contributed by atoms with Crippen LogP contribution in [-0.4, -0.2) is 45.2 Å². The number of aliphatic hydroxyl groups is 1. The SMILES string of the molecule is CC(O)n1c(NCc2ccc(Cl)cc2)nc2c(c1=O)CN(C(=O)c1ccc3c(c1)OCCO3)CC2. The molecule has 2 N–H and O–H groups in total. The first-order valence-corrected chi connectivity index (χ1v) is 11.8. The number of fused-ring (bicyclic) bond motifs is 2. The average molecular weight is 497 g/mol. The van der Waals surface area contributed by atoms with E-state index in [0.717, 1.165) is 5.56 Å². The third-order valence-electron chi connectivity index (χ3n) is 6.08. The molecule has 0 saturated carbocycles. The van der Waals surface area contributed by atoms with Crippen LogP contribution in [0.1, 0.15) is 40.3 Å². The fraction of sp³-hybridized carbons (Fsp3) is 0.320. The van der Waals surface area contributed by atoms with Crippen molar-refractivity contribution in [3.05, 3.63) is 80.2 Å². The second-order valence-corrected chi connectivity index (χ2v) is 8.92. The zero-order chi connectivity index (χ0) is 24.5. The van der Waals surface area contributed by atoms with E-state index in [4.69, 9.17) is 21.1 Å². The molecule has 2 aromatic carbocycles. The van der Waals surface area contributed by atoms with Crippen molar-refractivity contribution >= 4 is 23.5 Å². The number of benzene rings is 2. The Hall–Kier alpha value is -3.56. The highest BCUT2D eigenvalue weighted by Gasteiger charge is 2.28. The summed E-state index contributed by atoms with van der Waals surface area (Å²) in [6, 6.07) is 12.4. The standard InChI is InChI=1S/C25H25ClN4O5/c1-15(31)30-24(33)19-14-29(23(32)17-4-7-21-22(12-17)35-11-10-34-21)9-8-20(19)28-25(30)27-13-16-2-5-18(26)6-3-16/h2-7,12,15,31H,8-11,13-14H2,1H3,(H,27,28). The van der Waals surface area contributed by atoms with Gasteiger partial charge in [-0.1, -0.05) is 23.7 Å².